The Morgan fingerprint density at radius 1 is 1.50 bits per heavy atom. The first-order valence-corrected chi connectivity index (χ1v) is 4.11. The van der Waals surface area contributed by atoms with Crippen molar-refractivity contribution in [1.82, 2.24) is 0 Å². The Balaban J connectivity index is 2.89. The maximum absolute atomic E-state index is 12.7. The van der Waals surface area contributed by atoms with E-state index in [1.165, 1.54) is 12.2 Å². The molecule has 1 N–H and O–H groups in total. The van der Waals surface area contributed by atoms with Gasteiger partial charge in [-0.25, -0.2) is 13.6 Å². The summed E-state index contributed by atoms with van der Waals surface area (Å²) in [6.07, 6.45) is 5.42. The molecule has 1 aliphatic carbocycles. The topological polar surface area (TPSA) is 37.3 Å². The van der Waals surface area contributed by atoms with E-state index in [0.29, 0.717) is 0 Å². The Morgan fingerprint density at radius 3 is 2.64 bits per heavy atom. The van der Waals surface area contributed by atoms with Gasteiger partial charge in [-0.1, -0.05) is 30.4 Å². The van der Waals surface area contributed by atoms with Gasteiger partial charge in [0.2, 0.25) is 0 Å². The Bertz CT molecular complexity index is 305. The van der Waals surface area contributed by atoms with E-state index in [-0.39, 0.29) is 6.42 Å². The minimum Gasteiger partial charge on any atom is -0.478 e. The smallest absolute Gasteiger partial charge is 0.328 e. The molecule has 4 heteroatoms. The summed E-state index contributed by atoms with van der Waals surface area (Å²) in [4.78, 5) is 10.2. The average molecular weight is 200 g/mol. The molecule has 0 bridgehead atoms. The SMILES string of the molecule is O=C(O)/C=C/C1(C(F)F)C=CC=CC1. The maximum atomic E-state index is 12.7. The largest absolute Gasteiger partial charge is 0.478 e. The van der Waals surface area contributed by atoms with Crippen molar-refractivity contribution < 1.29 is 18.7 Å². The maximum Gasteiger partial charge on any atom is 0.328 e. The summed E-state index contributed by atoms with van der Waals surface area (Å²) in [5.41, 5.74) is -1.45. The van der Waals surface area contributed by atoms with Crippen LogP contribution in [0.3, 0.4) is 0 Å². The molecule has 1 atom stereocenters. The first-order valence-electron chi connectivity index (χ1n) is 4.11. The molecule has 0 saturated heterocycles. The van der Waals surface area contributed by atoms with E-state index in [9.17, 15) is 13.6 Å². The van der Waals surface area contributed by atoms with Crippen LogP contribution in [0.25, 0.3) is 0 Å². The van der Waals surface area contributed by atoms with Crippen LogP contribution < -0.4 is 0 Å². The molecule has 0 aromatic rings. The normalized spacial score (nSPS) is 26.2. The van der Waals surface area contributed by atoms with Gasteiger partial charge in [0.1, 0.15) is 0 Å². The van der Waals surface area contributed by atoms with Gasteiger partial charge in [-0.05, 0) is 6.42 Å². The van der Waals surface area contributed by atoms with E-state index in [1.807, 2.05) is 0 Å². The third kappa shape index (κ3) is 2.28. The number of hydrogen-bond acceptors (Lipinski definition) is 1. The van der Waals surface area contributed by atoms with E-state index < -0.39 is 17.8 Å². The zero-order valence-electron chi connectivity index (χ0n) is 7.36. The summed E-state index contributed by atoms with van der Waals surface area (Å²) < 4.78 is 25.4. The number of allylic oxidation sites excluding steroid dienone is 5. The zero-order chi connectivity index (χ0) is 10.6. The average Bonchev–Trinajstić information content (AvgIpc) is 2.16. The van der Waals surface area contributed by atoms with Crippen LogP contribution in [0.5, 0.6) is 0 Å². The molecular formula is C10H10F2O2. The van der Waals surface area contributed by atoms with E-state index in [2.05, 4.69) is 0 Å². The third-order valence-corrected chi connectivity index (χ3v) is 2.07. The van der Waals surface area contributed by atoms with Gasteiger partial charge in [-0.2, -0.15) is 0 Å². The minimum atomic E-state index is -2.60. The van der Waals surface area contributed by atoms with Gasteiger partial charge in [-0.3, -0.25) is 0 Å². The van der Waals surface area contributed by atoms with Crippen LogP contribution in [0.15, 0.2) is 36.5 Å². The van der Waals surface area contributed by atoms with E-state index in [0.717, 1.165) is 12.2 Å². The number of hydrogen-bond donors (Lipinski definition) is 1. The van der Waals surface area contributed by atoms with Gasteiger partial charge in [0.25, 0.3) is 6.43 Å². The van der Waals surface area contributed by atoms with E-state index in [1.54, 1.807) is 12.2 Å². The highest BCUT2D eigenvalue weighted by molar-refractivity contribution is 5.80. The van der Waals surface area contributed by atoms with Gasteiger partial charge < -0.3 is 5.11 Å². The molecule has 76 valence electrons. The Labute approximate surface area is 80.2 Å². The van der Waals surface area contributed by atoms with Crippen LogP contribution in [0.4, 0.5) is 8.78 Å². The molecule has 0 fully saturated rings. The van der Waals surface area contributed by atoms with E-state index in [4.69, 9.17) is 5.11 Å². The van der Waals surface area contributed by atoms with Crippen LogP contribution >= 0.6 is 0 Å². The van der Waals surface area contributed by atoms with Gasteiger partial charge >= 0.3 is 5.97 Å². The Hall–Kier alpha value is -1.45. The molecule has 0 spiro atoms. The summed E-state index contributed by atoms with van der Waals surface area (Å²) >= 11 is 0. The highest BCUT2D eigenvalue weighted by atomic mass is 19.3. The number of rotatable bonds is 3. The zero-order valence-corrected chi connectivity index (χ0v) is 7.36. The lowest BCUT2D eigenvalue weighted by Crippen LogP contribution is -2.25. The molecule has 2 nitrogen and oxygen atoms in total. The molecule has 0 aromatic heterocycles. The fourth-order valence-corrected chi connectivity index (χ4v) is 1.24. The predicted molar refractivity (Wildman–Crippen MR) is 48.1 cm³/mol. The van der Waals surface area contributed by atoms with Gasteiger partial charge in [-0.15, -0.1) is 0 Å². The molecule has 0 radical (unpaired) electrons. The molecular weight excluding hydrogens is 190 g/mol. The molecule has 1 rings (SSSR count). The number of halogens is 2. The lowest BCUT2D eigenvalue weighted by molar-refractivity contribution is -0.131. The summed E-state index contributed by atoms with van der Waals surface area (Å²) in [6.45, 7) is 0. The van der Waals surface area contributed by atoms with Gasteiger partial charge in [0.05, 0.1) is 5.41 Å². The van der Waals surface area contributed by atoms with Crippen molar-refractivity contribution in [2.45, 2.75) is 12.8 Å². The first-order chi connectivity index (χ1) is 6.57. The van der Waals surface area contributed by atoms with E-state index >= 15 is 0 Å². The van der Waals surface area contributed by atoms with Crippen molar-refractivity contribution in [3.8, 4) is 0 Å². The summed E-state index contributed by atoms with van der Waals surface area (Å²) in [5.74, 6) is -1.21. The molecule has 0 amide bonds. The second-order valence-corrected chi connectivity index (χ2v) is 3.08. The molecule has 0 saturated carbocycles. The number of carboxylic acid groups (broad SMARTS) is 1. The lowest BCUT2D eigenvalue weighted by Gasteiger charge is -2.26. The van der Waals surface area contributed by atoms with Crippen molar-refractivity contribution in [3.05, 3.63) is 36.5 Å². The number of alkyl halides is 2. The molecule has 1 aliphatic rings. The predicted octanol–water partition coefficient (Wildman–Crippen LogP) is 2.39. The first kappa shape index (κ1) is 10.6. The minimum absolute atomic E-state index is 0.130. The van der Waals surface area contributed by atoms with Crippen LogP contribution in [-0.2, 0) is 4.79 Å². The van der Waals surface area contributed by atoms with Crippen LogP contribution in [-0.4, -0.2) is 17.5 Å². The summed E-state index contributed by atoms with van der Waals surface area (Å²) in [6, 6.07) is 0. The van der Waals surface area contributed by atoms with Crippen molar-refractivity contribution in [1.29, 1.82) is 0 Å². The Kier molecular flexibility index (Phi) is 3.17. The molecule has 0 heterocycles. The second-order valence-electron chi connectivity index (χ2n) is 3.08. The van der Waals surface area contributed by atoms with Crippen molar-refractivity contribution in [2.24, 2.45) is 5.41 Å². The second kappa shape index (κ2) is 4.17. The molecule has 14 heavy (non-hydrogen) atoms. The number of carbonyl (C=O) groups is 1. The standard InChI is InChI=1S/C10H10F2O2/c11-9(12)10(7-4-8(13)14)5-2-1-3-6-10/h1-5,7,9H,6H2,(H,13,14)/b7-4+. The number of aliphatic carboxylic acids is 1. The van der Waals surface area contributed by atoms with Gasteiger partial charge in [0, 0.05) is 6.08 Å². The summed E-state index contributed by atoms with van der Waals surface area (Å²) in [5, 5.41) is 8.37. The highest BCUT2D eigenvalue weighted by Gasteiger charge is 2.34. The van der Waals surface area contributed by atoms with Crippen molar-refractivity contribution >= 4 is 5.97 Å². The Morgan fingerprint density at radius 2 is 2.21 bits per heavy atom. The molecule has 0 aromatic carbocycles. The fraction of sp³-hybridized carbons (Fsp3) is 0.300. The molecule has 1 unspecified atom stereocenters. The fourth-order valence-electron chi connectivity index (χ4n) is 1.24. The van der Waals surface area contributed by atoms with Crippen LogP contribution in [0, 0.1) is 5.41 Å². The number of carboxylic acids is 1. The molecule has 0 aliphatic heterocycles. The van der Waals surface area contributed by atoms with Gasteiger partial charge in [0.15, 0.2) is 0 Å². The monoisotopic (exact) mass is 200 g/mol. The van der Waals surface area contributed by atoms with Crippen molar-refractivity contribution in [2.75, 3.05) is 0 Å². The lowest BCUT2D eigenvalue weighted by atomic mass is 9.81. The summed E-state index contributed by atoms with van der Waals surface area (Å²) in [7, 11) is 0. The van der Waals surface area contributed by atoms with Crippen LogP contribution in [0.1, 0.15) is 6.42 Å². The third-order valence-electron chi connectivity index (χ3n) is 2.07. The van der Waals surface area contributed by atoms with Crippen LogP contribution in [0.2, 0.25) is 0 Å². The quantitative estimate of drug-likeness (QED) is 0.710. The highest BCUT2D eigenvalue weighted by Crippen LogP contribution is 2.36. The van der Waals surface area contributed by atoms with Crippen molar-refractivity contribution in [3.63, 3.8) is 0 Å².